The molecule has 0 radical (unpaired) electrons. The minimum absolute atomic E-state index is 0.0740. The molecule has 1 fully saturated rings. The fourth-order valence-corrected chi connectivity index (χ4v) is 3.74. The number of rotatable bonds is 5. The number of pyridine rings is 2. The molecule has 1 N–H and O–H groups in total. The number of nitrogens with one attached hydrogen (secondary N) is 1. The Kier molecular flexibility index (Phi) is 5.86. The van der Waals surface area contributed by atoms with Gasteiger partial charge in [-0.2, -0.15) is 0 Å². The number of hydrogen-bond donors (Lipinski definition) is 1. The molecule has 5 nitrogen and oxygen atoms in total. The Labute approximate surface area is 155 Å². The summed E-state index contributed by atoms with van der Waals surface area (Å²) in [5, 5.41) is 3.13. The maximum absolute atomic E-state index is 12.4. The molecule has 0 aliphatic heterocycles. The van der Waals surface area contributed by atoms with Crippen LogP contribution in [0.2, 0.25) is 0 Å². The van der Waals surface area contributed by atoms with Gasteiger partial charge >= 0.3 is 0 Å². The zero-order valence-electron chi connectivity index (χ0n) is 15.7. The second kappa shape index (κ2) is 8.30. The van der Waals surface area contributed by atoms with Crippen LogP contribution in [0.5, 0.6) is 5.88 Å². The molecule has 2 heterocycles. The third kappa shape index (κ3) is 4.40. The molecule has 1 aliphatic rings. The smallest absolute Gasteiger partial charge is 0.253 e. The lowest BCUT2D eigenvalue weighted by atomic mass is 9.77. The van der Waals surface area contributed by atoms with Gasteiger partial charge in [-0.1, -0.05) is 0 Å². The van der Waals surface area contributed by atoms with Gasteiger partial charge in [-0.05, 0) is 69.2 Å². The van der Waals surface area contributed by atoms with E-state index in [-0.39, 0.29) is 11.9 Å². The van der Waals surface area contributed by atoms with Crippen LogP contribution in [0.3, 0.4) is 0 Å². The van der Waals surface area contributed by atoms with Crippen LogP contribution in [0, 0.1) is 12.8 Å². The number of ether oxygens (including phenoxy) is 1. The van der Waals surface area contributed by atoms with Crippen molar-refractivity contribution in [3.05, 3.63) is 53.5 Å². The van der Waals surface area contributed by atoms with Crippen molar-refractivity contribution in [2.75, 3.05) is 7.11 Å². The number of nitrogens with zero attached hydrogens (tertiary/aromatic N) is 2. The second-order valence-electron chi connectivity index (χ2n) is 7.22. The molecule has 0 saturated heterocycles. The van der Waals surface area contributed by atoms with Gasteiger partial charge in [-0.3, -0.25) is 9.78 Å². The van der Waals surface area contributed by atoms with Crippen LogP contribution in [-0.2, 0) is 0 Å². The molecule has 1 amide bonds. The van der Waals surface area contributed by atoms with Crippen molar-refractivity contribution in [1.82, 2.24) is 15.3 Å². The zero-order valence-corrected chi connectivity index (χ0v) is 15.7. The summed E-state index contributed by atoms with van der Waals surface area (Å²) in [5.74, 6) is 1.49. The maximum Gasteiger partial charge on any atom is 0.253 e. The van der Waals surface area contributed by atoms with Crippen molar-refractivity contribution in [1.29, 1.82) is 0 Å². The Morgan fingerprint density at radius 2 is 1.96 bits per heavy atom. The number of amides is 1. The fraction of sp³-hybridized carbons (Fsp3) is 0.476. The van der Waals surface area contributed by atoms with Crippen LogP contribution < -0.4 is 10.1 Å². The van der Waals surface area contributed by atoms with Crippen LogP contribution in [0.25, 0.3) is 0 Å². The SMILES string of the molecule is COc1ccc(C(=O)NC(C)C2CCC(c3cc(C)ccn3)CC2)cn1. The third-order valence-corrected chi connectivity index (χ3v) is 5.40. The standard InChI is InChI=1S/C21H27N3O2/c1-14-10-11-22-19(12-14)17-6-4-16(5-7-17)15(2)24-21(25)18-8-9-20(26-3)23-13-18/h8-13,15-17H,4-7H2,1-3H3,(H,24,25). The summed E-state index contributed by atoms with van der Waals surface area (Å²) in [7, 11) is 1.56. The van der Waals surface area contributed by atoms with E-state index in [2.05, 4.69) is 35.2 Å². The monoisotopic (exact) mass is 353 g/mol. The highest BCUT2D eigenvalue weighted by molar-refractivity contribution is 5.94. The molecule has 1 aliphatic carbocycles. The molecule has 1 saturated carbocycles. The number of carbonyl (C=O) groups is 1. The third-order valence-electron chi connectivity index (χ3n) is 5.40. The summed E-state index contributed by atoms with van der Waals surface area (Å²) < 4.78 is 5.03. The molecule has 0 bridgehead atoms. The first-order valence-electron chi connectivity index (χ1n) is 9.30. The van der Waals surface area contributed by atoms with E-state index >= 15 is 0 Å². The van der Waals surface area contributed by atoms with Gasteiger partial charge in [0.15, 0.2) is 0 Å². The molecule has 5 heteroatoms. The van der Waals surface area contributed by atoms with E-state index < -0.39 is 0 Å². The van der Waals surface area contributed by atoms with E-state index in [0.717, 1.165) is 25.7 Å². The molecule has 2 aromatic rings. The van der Waals surface area contributed by atoms with Crippen LogP contribution in [0.1, 0.15) is 60.1 Å². The highest BCUT2D eigenvalue weighted by atomic mass is 16.5. The lowest BCUT2D eigenvalue weighted by molar-refractivity contribution is 0.0917. The first-order chi connectivity index (χ1) is 12.6. The predicted octanol–water partition coefficient (Wildman–Crippen LogP) is 3.89. The van der Waals surface area contributed by atoms with Crippen molar-refractivity contribution in [2.24, 2.45) is 5.92 Å². The molecular weight excluding hydrogens is 326 g/mol. The van der Waals surface area contributed by atoms with Gasteiger partial charge in [0.05, 0.1) is 12.7 Å². The Morgan fingerprint density at radius 1 is 1.19 bits per heavy atom. The van der Waals surface area contributed by atoms with Crippen LogP contribution in [-0.4, -0.2) is 29.0 Å². The van der Waals surface area contributed by atoms with Gasteiger partial charge < -0.3 is 10.1 Å². The Morgan fingerprint density at radius 3 is 2.58 bits per heavy atom. The molecule has 1 unspecified atom stereocenters. The Balaban J connectivity index is 1.53. The summed E-state index contributed by atoms with van der Waals surface area (Å²) in [6, 6.07) is 7.84. The minimum Gasteiger partial charge on any atom is -0.481 e. The number of aryl methyl sites for hydroxylation is 1. The Hall–Kier alpha value is -2.43. The van der Waals surface area contributed by atoms with Crippen LogP contribution >= 0.6 is 0 Å². The normalized spacial score (nSPS) is 21.0. The second-order valence-corrected chi connectivity index (χ2v) is 7.22. The number of aromatic nitrogens is 2. The highest BCUT2D eigenvalue weighted by Crippen LogP contribution is 2.36. The first-order valence-corrected chi connectivity index (χ1v) is 9.30. The first kappa shape index (κ1) is 18.4. The maximum atomic E-state index is 12.4. The van der Waals surface area contributed by atoms with E-state index in [0.29, 0.717) is 23.3 Å². The van der Waals surface area contributed by atoms with Crippen LogP contribution in [0.4, 0.5) is 0 Å². The topological polar surface area (TPSA) is 64.1 Å². The lowest BCUT2D eigenvalue weighted by Crippen LogP contribution is -2.39. The number of hydrogen-bond acceptors (Lipinski definition) is 4. The summed E-state index contributed by atoms with van der Waals surface area (Å²) >= 11 is 0. The van der Waals surface area contributed by atoms with E-state index in [1.807, 2.05) is 12.3 Å². The molecular formula is C21H27N3O2. The van der Waals surface area contributed by atoms with Gasteiger partial charge in [0.1, 0.15) is 0 Å². The average molecular weight is 353 g/mol. The van der Waals surface area contributed by atoms with Crippen molar-refractivity contribution < 1.29 is 9.53 Å². The van der Waals surface area contributed by atoms with Gasteiger partial charge in [-0.25, -0.2) is 4.98 Å². The molecule has 138 valence electrons. The quantitative estimate of drug-likeness (QED) is 0.886. The zero-order chi connectivity index (χ0) is 18.5. The van der Waals surface area contributed by atoms with Gasteiger partial charge in [0.2, 0.25) is 5.88 Å². The summed E-state index contributed by atoms with van der Waals surface area (Å²) in [6.07, 6.45) is 7.95. The van der Waals surface area contributed by atoms with Crippen molar-refractivity contribution in [3.8, 4) is 5.88 Å². The van der Waals surface area contributed by atoms with Crippen LogP contribution in [0.15, 0.2) is 36.7 Å². The number of methoxy groups -OCH3 is 1. The lowest BCUT2D eigenvalue weighted by Gasteiger charge is -2.32. The van der Waals surface area contributed by atoms with Gasteiger partial charge in [0, 0.05) is 36.1 Å². The summed E-state index contributed by atoms with van der Waals surface area (Å²) in [4.78, 5) is 21.1. The molecule has 2 aromatic heterocycles. The average Bonchev–Trinajstić information content (AvgIpc) is 2.68. The molecule has 0 aromatic carbocycles. The minimum atomic E-state index is -0.0740. The van der Waals surface area contributed by atoms with E-state index in [9.17, 15) is 4.79 Å². The fourth-order valence-electron chi connectivity index (χ4n) is 3.74. The largest absolute Gasteiger partial charge is 0.481 e. The molecule has 3 rings (SSSR count). The van der Waals surface area contributed by atoms with E-state index in [1.165, 1.54) is 11.3 Å². The van der Waals surface area contributed by atoms with Gasteiger partial charge in [-0.15, -0.1) is 0 Å². The van der Waals surface area contributed by atoms with E-state index in [4.69, 9.17) is 4.74 Å². The van der Waals surface area contributed by atoms with E-state index in [1.54, 1.807) is 25.4 Å². The van der Waals surface area contributed by atoms with Crippen molar-refractivity contribution in [3.63, 3.8) is 0 Å². The Bertz CT molecular complexity index is 737. The van der Waals surface area contributed by atoms with Crippen molar-refractivity contribution >= 4 is 5.91 Å². The predicted molar refractivity (Wildman–Crippen MR) is 101 cm³/mol. The molecule has 26 heavy (non-hydrogen) atoms. The molecule has 0 spiro atoms. The van der Waals surface area contributed by atoms with Gasteiger partial charge in [0.25, 0.3) is 5.91 Å². The summed E-state index contributed by atoms with van der Waals surface area (Å²) in [6.45, 7) is 4.22. The number of carbonyl (C=O) groups excluding carboxylic acids is 1. The van der Waals surface area contributed by atoms with Crippen molar-refractivity contribution in [2.45, 2.75) is 51.5 Å². The highest BCUT2D eigenvalue weighted by Gasteiger charge is 2.27. The summed E-state index contributed by atoms with van der Waals surface area (Å²) in [5.41, 5.74) is 3.05. The molecule has 1 atom stereocenters.